The van der Waals surface area contributed by atoms with E-state index in [1.807, 2.05) is 28.8 Å². The molecule has 19 heavy (non-hydrogen) atoms. The average molecular weight is 250 g/mol. The summed E-state index contributed by atoms with van der Waals surface area (Å²) < 4.78 is 1.96. The smallest absolute Gasteiger partial charge is 0.280 e. The van der Waals surface area contributed by atoms with Crippen molar-refractivity contribution >= 4 is 10.9 Å². The van der Waals surface area contributed by atoms with Crippen molar-refractivity contribution in [3.63, 3.8) is 0 Å². The van der Waals surface area contributed by atoms with Crippen molar-refractivity contribution in [1.29, 1.82) is 0 Å². The van der Waals surface area contributed by atoms with Crippen LogP contribution in [-0.2, 0) is 0 Å². The molecular formula is C16H14N2O. The Morgan fingerprint density at radius 2 is 1.84 bits per heavy atom. The summed E-state index contributed by atoms with van der Waals surface area (Å²) in [5.41, 5.74) is 4.13. The third-order valence-corrected chi connectivity index (χ3v) is 3.30. The third kappa shape index (κ3) is 1.93. The summed E-state index contributed by atoms with van der Waals surface area (Å²) >= 11 is 0. The van der Waals surface area contributed by atoms with Gasteiger partial charge in [-0.15, -0.1) is 0 Å². The van der Waals surface area contributed by atoms with E-state index in [1.165, 1.54) is 5.56 Å². The number of fused-ring (bicyclic) bond motifs is 1. The molecule has 3 aromatic rings. The monoisotopic (exact) mass is 250 g/mol. The van der Waals surface area contributed by atoms with Crippen molar-refractivity contribution in [3.8, 4) is 5.69 Å². The van der Waals surface area contributed by atoms with Gasteiger partial charge < -0.3 is 0 Å². The second kappa shape index (κ2) is 4.35. The molecule has 94 valence electrons. The molecule has 0 aliphatic carbocycles. The predicted molar refractivity (Wildman–Crippen MR) is 76.8 cm³/mol. The van der Waals surface area contributed by atoms with Crippen LogP contribution in [0, 0.1) is 13.8 Å². The number of benzene rings is 2. The SMILES string of the molecule is Cc1ccc(-n2cnc(=O)c3ccccc32)c(C)c1. The van der Waals surface area contributed by atoms with E-state index in [1.54, 1.807) is 6.33 Å². The molecule has 0 bridgehead atoms. The highest BCUT2D eigenvalue weighted by molar-refractivity contribution is 5.79. The minimum absolute atomic E-state index is 0.184. The molecule has 0 aliphatic heterocycles. The molecule has 0 amide bonds. The largest absolute Gasteiger partial charge is 0.300 e. The molecular weight excluding hydrogens is 236 g/mol. The summed E-state index contributed by atoms with van der Waals surface area (Å²) in [6.07, 6.45) is 1.60. The van der Waals surface area contributed by atoms with Gasteiger partial charge in [0.1, 0.15) is 6.33 Å². The Morgan fingerprint density at radius 1 is 1.05 bits per heavy atom. The number of nitrogens with zero attached hydrogens (tertiary/aromatic N) is 2. The third-order valence-electron chi connectivity index (χ3n) is 3.30. The Hall–Kier alpha value is -2.42. The fourth-order valence-corrected chi connectivity index (χ4v) is 2.37. The highest BCUT2D eigenvalue weighted by Crippen LogP contribution is 2.19. The van der Waals surface area contributed by atoms with Gasteiger partial charge in [0, 0.05) is 5.69 Å². The molecule has 0 spiro atoms. The van der Waals surface area contributed by atoms with Crippen LogP contribution in [0.5, 0.6) is 0 Å². The van der Waals surface area contributed by atoms with Crippen molar-refractivity contribution < 1.29 is 0 Å². The highest BCUT2D eigenvalue weighted by atomic mass is 16.1. The van der Waals surface area contributed by atoms with Crippen molar-refractivity contribution in [1.82, 2.24) is 9.55 Å². The van der Waals surface area contributed by atoms with Gasteiger partial charge in [0.05, 0.1) is 10.9 Å². The van der Waals surface area contributed by atoms with Crippen molar-refractivity contribution in [2.24, 2.45) is 0 Å². The van der Waals surface area contributed by atoms with E-state index in [0.717, 1.165) is 16.8 Å². The first-order valence-electron chi connectivity index (χ1n) is 6.21. The fraction of sp³-hybridized carbons (Fsp3) is 0.125. The van der Waals surface area contributed by atoms with Gasteiger partial charge in [-0.05, 0) is 37.6 Å². The summed E-state index contributed by atoms with van der Waals surface area (Å²) in [5, 5.41) is 0.643. The van der Waals surface area contributed by atoms with E-state index in [2.05, 4.69) is 37.0 Å². The van der Waals surface area contributed by atoms with Crippen LogP contribution in [-0.4, -0.2) is 9.55 Å². The minimum atomic E-state index is -0.184. The first-order valence-corrected chi connectivity index (χ1v) is 6.21. The molecule has 3 nitrogen and oxygen atoms in total. The van der Waals surface area contributed by atoms with Crippen molar-refractivity contribution in [3.05, 3.63) is 70.3 Å². The molecule has 1 aromatic heterocycles. The van der Waals surface area contributed by atoms with Crippen LogP contribution in [0.1, 0.15) is 11.1 Å². The lowest BCUT2D eigenvalue weighted by atomic mass is 10.1. The van der Waals surface area contributed by atoms with Crippen LogP contribution in [0.4, 0.5) is 0 Å². The van der Waals surface area contributed by atoms with Crippen LogP contribution in [0.2, 0.25) is 0 Å². The molecule has 0 saturated heterocycles. The Labute approximate surface area is 111 Å². The topological polar surface area (TPSA) is 34.9 Å². The standard InChI is InChI=1S/C16H14N2O/c1-11-7-8-14(12(2)9-11)18-10-17-16(19)13-5-3-4-6-15(13)18/h3-10H,1-2H3. The maximum atomic E-state index is 11.8. The maximum absolute atomic E-state index is 11.8. The molecule has 0 radical (unpaired) electrons. The summed E-state index contributed by atoms with van der Waals surface area (Å²) in [6, 6.07) is 13.8. The number of hydrogen-bond donors (Lipinski definition) is 0. The van der Waals surface area contributed by atoms with Crippen LogP contribution in [0.25, 0.3) is 16.6 Å². The van der Waals surface area contributed by atoms with E-state index >= 15 is 0 Å². The van der Waals surface area contributed by atoms with Gasteiger partial charge in [-0.3, -0.25) is 9.36 Å². The molecule has 1 heterocycles. The van der Waals surface area contributed by atoms with Gasteiger partial charge in [0.2, 0.25) is 0 Å². The fourth-order valence-electron chi connectivity index (χ4n) is 2.37. The maximum Gasteiger partial charge on any atom is 0.280 e. The summed E-state index contributed by atoms with van der Waals surface area (Å²) in [6.45, 7) is 4.13. The molecule has 3 heteroatoms. The molecule has 0 saturated carbocycles. The van der Waals surface area contributed by atoms with Gasteiger partial charge in [-0.1, -0.05) is 29.8 Å². The zero-order chi connectivity index (χ0) is 13.4. The first kappa shape index (κ1) is 11.7. The minimum Gasteiger partial charge on any atom is -0.300 e. The van der Waals surface area contributed by atoms with Gasteiger partial charge >= 0.3 is 0 Å². The number of rotatable bonds is 1. The van der Waals surface area contributed by atoms with Gasteiger partial charge in [-0.25, -0.2) is 0 Å². The number of aromatic nitrogens is 2. The number of aryl methyl sites for hydroxylation is 2. The molecule has 0 N–H and O–H groups in total. The average Bonchev–Trinajstić information content (AvgIpc) is 2.41. The van der Waals surface area contributed by atoms with E-state index in [0.29, 0.717) is 5.39 Å². The van der Waals surface area contributed by atoms with Crippen LogP contribution in [0.15, 0.2) is 53.6 Å². The normalized spacial score (nSPS) is 10.8. The highest BCUT2D eigenvalue weighted by Gasteiger charge is 2.06. The zero-order valence-corrected chi connectivity index (χ0v) is 10.9. The Balaban J connectivity index is 2.37. The summed E-state index contributed by atoms with van der Waals surface area (Å²) in [7, 11) is 0. The Morgan fingerprint density at radius 3 is 2.63 bits per heavy atom. The molecule has 0 atom stereocenters. The quantitative estimate of drug-likeness (QED) is 0.665. The number of hydrogen-bond acceptors (Lipinski definition) is 2. The lowest BCUT2D eigenvalue weighted by Crippen LogP contribution is -2.11. The Bertz CT molecular complexity index is 818. The predicted octanol–water partition coefficient (Wildman–Crippen LogP) is 3.00. The van der Waals surface area contributed by atoms with E-state index < -0.39 is 0 Å². The summed E-state index contributed by atoms with van der Waals surface area (Å²) in [5.74, 6) is 0. The van der Waals surface area contributed by atoms with E-state index in [-0.39, 0.29) is 5.56 Å². The van der Waals surface area contributed by atoms with Crippen LogP contribution in [0.3, 0.4) is 0 Å². The zero-order valence-electron chi connectivity index (χ0n) is 10.9. The van der Waals surface area contributed by atoms with E-state index in [9.17, 15) is 4.79 Å². The van der Waals surface area contributed by atoms with E-state index in [4.69, 9.17) is 0 Å². The van der Waals surface area contributed by atoms with Gasteiger partial charge in [0.25, 0.3) is 5.56 Å². The number of para-hydroxylation sites is 1. The van der Waals surface area contributed by atoms with Gasteiger partial charge in [0.15, 0.2) is 0 Å². The molecule has 2 aromatic carbocycles. The molecule has 3 rings (SSSR count). The summed E-state index contributed by atoms with van der Waals surface area (Å²) in [4.78, 5) is 15.7. The molecule has 0 unspecified atom stereocenters. The lowest BCUT2D eigenvalue weighted by Gasteiger charge is -2.13. The second-order valence-corrected chi connectivity index (χ2v) is 4.73. The molecule has 0 aliphatic rings. The van der Waals surface area contributed by atoms with Gasteiger partial charge in [-0.2, -0.15) is 4.98 Å². The first-order chi connectivity index (χ1) is 9.16. The van der Waals surface area contributed by atoms with Crippen LogP contribution < -0.4 is 5.56 Å². The lowest BCUT2D eigenvalue weighted by molar-refractivity contribution is 1.00. The molecule has 0 fully saturated rings. The Kier molecular flexibility index (Phi) is 2.67. The van der Waals surface area contributed by atoms with Crippen LogP contribution >= 0.6 is 0 Å². The second-order valence-electron chi connectivity index (χ2n) is 4.73. The van der Waals surface area contributed by atoms with Crippen molar-refractivity contribution in [2.45, 2.75) is 13.8 Å². The van der Waals surface area contributed by atoms with Crippen molar-refractivity contribution in [2.75, 3.05) is 0 Å².